The van der Waals surface area contributed by atoms with E-state index < -0.39 is 11.5 Å². The summed E-state index contributed by atoms with van der Waals surface area (Å²) >= 11 is 6.03. The summed E-state index contributed by atoms with van der Waals surface area (Å²) in [5, 5.41) is 9.95. The van der Waals surface area contributed by atoms with Crippen molar-refractivity contribution in [2.45, 2.75) is 25.3 Å². The van der Waals surface area contributed by atoms with Crippen molar-refractivity contribution in [3.63, 3.8) is 0 Å². The number of carboxylic acid groups (broad SMARTS) is 1. The molecule has 1 amide bonds. The number of carbonyl (C=O) groups excluding carboxylic acids is 1. The molecule has 1 N–H and O–H groups in total. The van der Waals surface area contributed by atoms with Gasteiger partial charge in [-0.1, -0.05) is 48.0 Å². The Kier molecular flexibility index (Phi) is 4.33. The van der Waals surface area contributed by atoms with Gasteiger partial charge in [0, 0.05) is 11.6 Å². The van der Waals surface area contributed by atoms with Gasteiger partial charge in [0.15, 0.2) is 0 Å². The third kappa shape index (κ3) is 3.02. The van der Waals surface area contributed by atoms with Crippen LogP contribution < -0.4 is 0 Å². The highest BCUT2D eigenvalue weighted by Gasteiger charge is 2.49. The summed E-state index contributed by atoms with van der Waals surface area (Å²) in [5.74, 6) is -1.11. The Morgan fingerprint density at radius 1 is 1.17 bits per heavy atom. The van der Waals surface area contributed by atoms with Gasteiger partial charge in [0.1, 0.15) is 5.54 Å². The fourth-order valence-electron chi connectivity index (χ4n) is 2.98. The van der Waals surface area contributed by atoms with E-state index in [1.165, 1.54) is 4.90 Å². The Balaban J connectivity index is 1.78. The molecule has 1 aliphatic heterocycles. The van der Waals surface area contributed by atoms with Crippen LogP contribution in [0, 0.1) is 0 Å². The molecule has 1 heterocycles. The van der Waals surface area contributed by atoms with E-state index in [1.54, 1.807) is 6.92 Å². The molecule has 5 heteroatoms. The van der Waals surface area contributed by atoms with Crippen molar-refractivity contribution in [3.05, 3.63) is 59.1 Å². The SMILES string of the molecule is CC1(C(=O)O)CCN1C(=O)Cc1cccc(-c2cccc(Cl)c2)c1. The maximum Gasteiger partial charge on any atom is 0.329 e. The normalized spacial score (nSPS) is 19.7. The highest BCUT2D eigenvalue weighted by atomic mass is 35.5. The minimum absolute atomic E-state index is 0.158. The fourth-order valence-corrected chi connectivity index (χ4v) is 3.17. The molecule has 124 valence electrons. The molecule has 0 radical (unpaired) electrons. The molecule has 1 saturated heterocycles. The van der Waals surface area contributed by atoms with Gasteiger partial charge in [0.05, 0.1) is 6.42 Å². The third-order valence-corrected chi connectivity index (χ3v) is 4.86. The van der Waals surface area contributed by atoms with Gasteiger partial charge < -0.3 is 10.0 Å². The van der Waals surface area contributed by atoms with E-state index in [-0.39, 0.29) is 12.3 Å². The Labute approximate surface area is 145 Å². The van der Waals surface area contributed by atoms with Gasteiger partial charge in [-0.3, -0.25) is 4.79 Å². The summed E-state index contributed by atoms with van der Waals surface area (Å²) in [6.45, 7) is 2.09. The minimum Gasteiger partial charge on any atom is -0.480 e. The van der Waals surface area contributed by atoms with E-state index in [0.717, 1.165) is 16.7 Å². The summed E-state index contributed by atoms with van der Waals surface area (Å²) in [4.78, 5) is 25.2. The number of nitrogens with zero attached hydrogens (tertiary/aromatic N) is 1. The highest BCUT2D eigenvalue weighted by Crippen LogP contribution is 2.31. The Morgan fingerprint density at radius 3 is 2.42 bits per heavy atom. The molecular weight excluding hydrogens is 326 g/mol. The fraction of sp³-hybridized carbons (Fsp3) is 0.263. The lowest BCUT2D eigenvalue weighted by Crippen LogP contribution is -2.64. The Morgan fingerprint density at radius 2 is 1.83 bits per heavy atom. The van der Waals surface area contributed by atoms with Crippen LogP contribution in [0.2, 0.25) is 5.02 Å². The molecule has 0 aromatic heterocycles. The van der Waals surface area contributed by atoms with Crippen molar-refractivity contribution >= 4 is 23.5 Å². The van der Waals surface area contributed by atoms with E-state index in [4.69, 9.17) is 11.6 Å². The molecule has 0 bridgehead atoms. The Hall–Kier alpha value is -2.33. The zero-order valence-corrected chi connectivity index (χ0v) is 14.1. The van der Waals surface area contributed by atoms with E-state index in [2.05, 4.69) is 0 Å². The van der Waals surface area contributed by atoms with Crippen LogP contribution in [-0.2, 0) is 16.0 Å². The monoisotopic (exact) mass is 343 g/mol. The number of benzene rings is 2. The quantitative estimate of drug-likeness (QED) is 0.922. The lowest BCUT2D eigenvalue weighted by molar-refractivity contribution is -0.168. The van der Waals surface area contributed by atoms with E-state index >= 15 is 0 Å². The Bertz CT molecular complexity index is 805. The van der Waals surface area contributed by atoms with Gasteiger partial charge in [-0.15, -0.1) is 0 Å². The van der Waals surface area contributed by atoms with Crippen molar-refractivity contribution in [2.75, 3.05) is 6.54 Å². The average molecular weight is 344 g/mol. The molecule has 1 fully saturated rings. The number of hydrogen-bond acceptors (Lipinski definition) is 2. The first-order valence-electron chi connectivity index (χ1n) is 7.79. The van der Waals surface area contributed by atoms with Gasteiger partial charge in [-0.05, 0) is 42.2 Å². The lowest BCUT2D eigenvalue weighted by Gasteiger charge is -2.47. The number of likely N-dealkylation sites (tertiary alicyclic amines) is 1. The van der Waals surface area contributed by atoms with Crippen molar-refractivity contribution in [3.8, 4) is 11.1 Å². The van der Waals surface area contributed by atoms with Crippen LogP contribution in [0.3, 0.4) is 0 Å². The number of amides is 1. The zero-order valence-electron chi connectivity index (χ0n) is 13.3. The van der Waals surface area contributed by atoms with Crippen LogP contribution in [0.15, 0.2) is 48.5 Å². The predicted molar refractivity (Wildman–Crippen MR) is 93.0 cm³/mol. The second-order valence-corrected chi connectivity index (χ2v) is 6.70. The van der Waals surface area contributed by atoms with Crippen LogP contribution in [-0.4, -0.2) is 34.0 Å². The summed E-state index contributed by atoms with van der Waals surface area (Å²) in [7, 11) is 0. The molecule has 3 rings (SSSR count). The maximum absolute atomic E-state index is 12.5. The second-order valence-electron chi connectivity index (χ2n) is 6.26. The molecule has 2 aromatic rings. The van der Waals surface area contributed by atoms with Gasteiger partial charge in [0.2, 0.25) is 5.91 Å². The minimum atomic E-state index is -1.07. The maximum atomic E-state index is 12.5. The number of aliphatic carboxylic acids is 1. The van der Waals surface area contributed by atoms with Crippen LogP contribution in [0.25, 0.3) is 11.1 Å². The van der Waals surface area contributed by atoms with Gasteiger partial charge in [-0.25, -0.2) is 4.79 Å². The molecular formula is C19H18ClNO3. The molecule has 1 aliphatic rings. The molecule has 0 aliphatic carbocycles. The summed E-state index contributed by atoms with van der Waals surface area (Å²) in [5.41, 5.74) is 1.75. The number of rotatable bonds is 4. The molecule has 1 atom stereocenters. The van der Waals surface area contributed by atoms with Crippen molar-refractivity contribution < 1.29 is 14.7 Å². The number of halogens is 1. The molecule has 0 spiro atoms. The second kappa shape index (κ2) is 6.29. The zero-order chi connectivity index (χ0) is 17.3. The van der Waals surface area contributed by atoms with Crippen molar-refractivity contribution in [2.24, 2.45) is 0 Å². The van der Waals surface area contributed by atoms with Crippen molar-refractivity contribution in [1.29, 1.82) is 0 Å². The average Bonchev–Trinajstić information content (AvgIpc) is 2.53. The van der Waals surface area contributed by atoms with Gasteiger partial charge in [0.25, 0.3) is 0 Å². The first-order valence-corrected chi connectivity index (χ1v) is 8.17. The molecule has 2 aromatic carbocycles. The summed E-state index contributed by atoms with van der Waals surface area (Å²) in [6.07, 6.45) is 0.688. The number of hydrogen-bond donors (Lipinski definition) is 1. The van der Waals surface area contributed by atoms with E-state index in [0.29, 0.717) is 18.0 Å². The van der Waals surface area contributed by atoms with Crippen LogP contribution in [0.4, 0.5) is 0 Å². The molecule has 24 heavy (non-hydrogen) atoms. The summed E-state index contributed by atoms with van der Waals surface area (Å²) in [6, 6.07) is 15.2. The molecule has 0 saturated carbocycles. The summed E-state index contributed by atoms with van der Waals surface area (Å²) < 4.78 is 0. The standard InChI is InChI=1S/C19H18ClNO3/c1-19(18(23)24)8-9-21(19)17(22)11-13-4-2-5-14(10-13)15-6-3-7-16(20)12-15/h2-7,10,12H,8-9,11H2,1H3,(H,23,24). The largest absolute Gasteiger partial charge is 0.480 e. The van der Waals surface area contributed by atoms with Crippen LogP contribution in [0.5, 0.6) is 0 Å². The first kappa shape index (κ1) is 16.5. The van der Waals surface area contributed by atoms with Crippen LogP contribution >= 0.6 is 11.6 Å². The highest BCUT2D eigenvalue weighted by molar-refractivity contribution is 6.30. The van der Waals surface area contributed by atoms with E-state index in [1.807, 2.05) is 48.5 Å². The number of carboxylic acids is 1. The van der Waals surface area contributed by atoms with Crippen molar-refractivity contribution in [1.82, 2.24) is 4.90 Å². The predicted octanol–water partition coefficient (Wildman–Crippen LogP) is 3.63. The molecule has 4 nitrogen and oxygen atoms in total. The number of carbonyl (C=O) groups is 2. The third-order valence-electron chi connectivity index (χ3n) is 4.62. The topological polar surface area (TPSA) is 57.6 Å². The van der Waals surface area contributed by atoms with Gasteiger partial charge >= 0.3 is 5.97 Å². The van der Waals surface area contributed by atoms with Gasteiger partial charge in [-0.2, -0.15) is 0 Å². The van der Waals surface area contributed by atoms with E-state index in [9.17, 15) is 14.7 Å². The molecule has 1 unspecified atom stereocenters. The smallest absolute Gasteiger partial charge is 0.329 e. The van der Waals surface area contributed by atoms with Crippen LogP contribution in [0.1, 0.15) is 18.9 Å². The first-order chi connectivity index (χ1) is 11.4. The lowest BCUT2D eigenvalue weighted by atomic mass is 9.86.